The number of hydrogen-bond acceptors (Lipinski definition) is 5. The molecule has 0 bridgehead atoms. The Balaban J connectivity index is 0.00000180. The zero-order valence-corrected chi connectivity index (χ0v) is 13.3. The summed E-state index contributed by atoms with van der Waals surface area (Å²) in [5, 5.41) is 10.5. The number of anilines is 1. The van der Waals surface area contributed by atoms with Crippen LogP contribution in [-0.2, 0) is 6.54 Å². The lowest BCUT2D eigenvalue weighted by Gasteiger charge is -2.38. The maximum Gasteiger partial charge on any atom is 0.180 e. The van der Waals surface area contributed by atoms with Crippen LogP contribution in [0, 0.1) is 5.92 Å². The average Bonchev–Trinajstić information content (AvgIpc) is 2.87. The van der Waals surface area contributed by atoms with Crippen LogP contribution in [0.5, 0.6) is 0 Å². The van der Waals surface area contributed by atoms with Crippen molar-refractivity contribution in [2.24, 2.45) is 5.92 Å². The van der Waals surface area contributed by atoms with Crippen molar-refractivity contribution in [1.29, 1.82) is 0 Å². The van der Waals surface area contributed by atoms with Crippen LogP contribution in [0.1, 0.15) is 38.0 Å². The maximum atomic E-state index is 9.84. The second-order valence-corrected chi connectivity index (χ2v) is 6.82. The third-order valence-electron chi connectivity index (χ3n) is 3.74. The van der Waals surface area contributed by atoms with Gasteiger partial charge in [-0.1, -0.05) is 13.8 Å². The Morgan fingerprint density at radius 1 is 1.58 bits per heavy atom. The van der Waals surface area contributed by atoms with E-state index in [-0.39, 0.29) is 24.6 Å². The Morgan fingerprint density at radius 3 is 2.84 bits per heavy atom. The van der Waals surface area contributed by atoms with E-state index in [2.05, 4.69) is 23.7 Å². The SMILES string of the molecule is CC(C)CC1(CO)CCCN1Cc1cnc(N)s1.Cl. The van der Waals surface area contributed by atoms with Crippen LogP contribution in [0.15, 0.2) is 6.20 Å². The maximum absolute atomic E-state index is 9.84. The van der Waals surface area contributed by atoms with Gasteiger partial charge >= 0.3 is 0 Å². The Labute approximate surface area is 125 Å². The molecule has 0 radical (unpaired) electrons. The number of aliphatic hydroxyl groups is 1. The molecular weight excluding hydrogens is 282 g/mol. The molecule has 0 aromatic carbocycles. The normalized spacial score (nSPS) is 23.8. The zero-order valence-electron chi connectivity index (χ0n) is 11.6. The average molecular weight is 306 g/mol. The highest BCUT2D eigenvalue weighted by atomic mass is 35.5. The van der Waals surface area contributed by atoms with Crippen LogP contribution >= 0.6 is 23.7 Å². The molecule has 1 aliphatic heterocycles. The van der Waals surface area contributed by atoms with Crippen molar-refractivity contribution in [3.05, 3.63) is 11.1 Å². The smallest absolute Gasteiger partial charge is 0.180 e. The molecule has 0 amide bonds. The van der Waals surface area contributed by atoms with Gasteiger partial charge < -0.3 is 10.8 Å². The van der Waals surface area contributed by atoms with Gasteiger partial charge in [-0.3, -0.25) is 4.90 Å². The van der Waals surface area contributed by atoms with Gasteiger partial charge in [-0.25, -0.2) is 4.98 Å². The van der Waals surface area contributed by atoms with Gasteiger partial charge in [-0.2, -0.15) is 0 Å². The van der Waals surface area contributed by atoms with E-state index in [1.54, 1.807) is 11.3 Å². The lowest BCUT2D eigenvalue weighted by Crippen LogP contribution is -2.47. The van der Waals surface area contributed by atoms with Gasteiger partial charge in [-0.05, 0) is 31.7 Å². The molecule has 1 unspecified atom stereocenters. The van der Waals surface area contributed by atoms with Crippen molar-refractivity contribution >= 4 is 28.9 Å². The topological polar surface area (TPSA) is 62.4 Å². The number of likely N-dealkylation sites (tertiary alicyclic amines) is 1. The summed E-state index contributed by atoms with van der Waals surface area (Å²) in [6.07, 6.45) is 5.17. The first-order valence-electron chi connectivity index (χ1n) is 6.62. The summed E-state index contributed by atoms with van der Waals surface area (Å²) in [6.45, 7) is 6.61. The molecule has 6 heteroatoms. The van der Waals surface area contributed by atoms with Crippen LogP contribution in [0.3, 0.4) is 0 Å². The molecule has 2 rings (SSSR count). The molecule has 0 spiro atoms. The van der Waals surface area contributed by atoms with E-state index in [1.807, 2.05) is 6.20 Å². The highest BCUT2D eigenvalue weighted by molar-refractivity contribution is 7.15. The summed E-state index contributed by atoms with van der Waals surface area (Å²) < 4.78 is 0. The highest BCUT2D eigenvalue weighted by Gasteiger charge is 2.40. The van der Waals surface area contributed by atoms with E-state index in [0.717, 1.165) is 25.9 Å². The van der Waals surface area contributed by atoms with Crippen molar-refractivity contribution in [2.45, 2.75) is 45.2 Å². The lowest BCUT2D eigenvalue weighted by molar-refractivity contribution is 0.0415. The van der Waals surface area contributed by atoms with Crippen LogP contribution < -0.4 is 5.73 Å². The van der Waals surface area contributed by atoms with Crippen LogP contribution in [-0.4, -0.2) is 33.7 Å². The summed E-state index contributed by atoms with van der Waals surface area (Å²) in [4.78, 5) is 7.71. The van der Waals surface area contributed by atoms with Crippen molar-refractivity contribution in [1.82, 2.24) is 9.88 Å². The van der Waals surface area contributed by atoms with Crippen LogP contribution in [0.2, 0.25) is 0 Å². The van der Waals surface area contributed by atoms with Crippen molar-refractivity contribution < 1.29 is 5.11 Å². The van der Waals surface area contributed by atoms with Gasteiger partial charge in [0.2, 0.25) is 0 Å². The molecule has 1 aliphatic rings. The number of nitrogen functional groups attached to an aromatic ring is 1. The molecule has 0 saturated carbocycles. The Morgan fingerprint density at radius 2 is 2.32 bits per heavy atom. The van der Waals surface area contributed by atoms with Gasteiger partial charge in [0.1, 0.15) is 0 Å². The van der Waals surface area contributed by atoms with Crippen LogP contribution in [0.4, 0.5) is 5.13 Å². The third-order valence-corrected chi connectivity index (χ3v) is 4.55. The predicted molar refractivity (Wildman–Crippen MR) is 82.7 cm³/mol. The molecular formula is C13H24ClN3OS. The van der Waals surface area contributed by atoms with E-state index in [1.165, 1.54) is 11.3 Å². The summed E-state index contributed by atoms with van der Waals surface area (Å²) in [5.74, 6) is 0.601. The molecule has 1 saturated heterocycles. The molecule has 1 aromatic heterocycles. The number of rotatable bonds is 5. The molecule has 4 nitrogen and oxygen atoms in total. The molecule has 1 aromatic rings. The fraction of sp³-hybridized carbons (Fsp3) is 0.769. The minimum absolute atomic E-state index is 0. The standard InChI is InChI=1S/C13H23N3OS.ClH/c1-10(2)6-13(9-17)4-3-5-16(13)8-11-7-15-12(14)18-11;/h7,10,17H,3-6,8-9H2,1-2H3,(H2,14,15);1H. The van der Waals surface area contributed by atoms with Crippen molar-refractivity contribution in [2.75, 3.05) is 18.9 Å². The Hall–Kier alpha value is -0.360. The summed E-state index contributed by atoms with van der Waals surface area (Å²) in [7, 11) is 0. The van der Waals surface area contributed by atoms with E-state index in [9.17, 15) is 5.11 Å². The second kappa shape index (κ2) is 6.88. The van der Waals surface area contributed by atoms with Gasteiger partial charge in [-0.15, -0.1) is 23.7 Å². The first-order valence-corrected chi connectivity index (χ1v) is 7.43. The van der Waals surface area contributed by atoms with Gasteiger partial charge in [0.15, 0.2) is 5.13 Å². The fourth-order valence-corrected chi connectivity index (χ4v) is 3.76. The zero-order chi connectivity index (χ0) is 13.2. The number of nitrogens with zero attached hydrogens (tertiary/aromatic N) is 2. The molecule has 19 heavy (non-hydrogen) atoms. The van der Waals surface area contributed by atoms with E-state index >= 15 is 0 Å². The number of aromatic nitrogens is 1. The van der Waals surface area contributed by atoms with Gasteiger partial charge in [0, 0.05) is 23.2 Å². The van der Waals surface area contributed by atoms with Crippen molar-refractivity contribution in [3.63, 3.8) is 0 Å². The predicted octanol–water partition coefficient (Wildman–Crippen LogP) is 2.52. The van der Waals surface area contributed by atoms with Gasteiger partial charge in [0.05, 0.1) is 6.61 Å². The molecule has 0 aliphatic carbocycles. The van der Waals surface area contributed by atoms with Crippen LogP contribution in [0.25, 0.3) is 0 Å². The summed E-state index contributed by atoms with van der Waals surface area (Å²) in [6, 6.07) is 0. The number of nitrogens with two attached hydrogens (primary N) is 1. The highest BCUT2D eigenvalue weighted by Crippen LogP contribution is 2.36. The first kappa shape index (κ1) is 16.7. The fourth-order valence-electron chi connectivity index (χ4n) is 3.06. The minimum Gasteiger partial charge on any atom is -0.394 e. The number of hydrogen-bond donors (Lipinski definition) is 2. The number of halogens is 1. The lowest BCUT2D eigenvalue weighted by atomic mass is 9.87. The summed E-state index contributed by atoms with van der Waals surface area (Å²) >= 11 is 1.55. The molecule has 1 atom stereocenters. The quantitative estimate of drug-likeness (QED) is 0.877. The number of thiazole rings is 1. The molecule has 2 heterocycles. The van der Waals surface area contributed by atoms with E-state index < -0.39 is 0 Å². The minimum atomic E-state index is -0.0348. The second-order valence-electron chi connectivity index (χ2n) is 5.67. The third kappa shape index (κ3) is 3.81. The number of aliphatic hydroxyl groups excluding tert-OH is 1. The molecule has 3 N–H and O–H groups in total. The molecule has 110 valence electrons. The monoisotopic (exact) mass is 305 g/mol. The molecule has 1 fully saturated rings. The first-order chi connectivity index (χ1) is 8.55. The van der Waals surface area contributed by atoms with E-state index in [4.69, 9.17) is 5.73 Å². The van der Waals surface area contributed by atoms with Gasteiger partial charge in [0.25, 0.3) is 0 Å². The summed E-state index contributed by atoms with van der Waals surface area (Å²) in [5.41, 5.74) is 5.64. The largest absolute Gasteiger partial charge is 0.394 e. The van der Waals surface area contributed by atoms with E-state index in [0.29, 0.717) is 11.0 Å². The Kier molecular flexibility index (Phi) is 6.05. The Bertz CT molecular complexity index is 399. The van der Waals surface area contributed by atoms with Crippen molar-refractivity contribution in [3.8, 4) is 0 Å².